The van der Waals surface area contributed by atoms with Gasteiger partial charge in [-0.3, -0.25) is 4.79 Å². The van der Waals surface area contributed by atoms with Gasteiger partial charge < -0.3 is 11.1 Å². The van der Waals surface area contributed by atoms with Crippen molar-refractivity contribution in [3.05, 3.63) is 35.6 Å². The van der Waals surface area contributed by atoms with Crippen molar-refractivity contribution < 1.29 is 9.18 Å². The van der Waals surface area contributed by atoms with E-state index in [1.807, 2.05) is 13.8 Å². The van der Waals surface area contributed by atoms with E-state index < -0.39 is 0 Å². The highest BCUT2D eigenvalue weighted by molar-refractivity contribution is 5.85. The van der Waals surface area contributed by atoms with Gasteiger partial charge in [-0.2, -0.15) is 0 Å². The normalized spacial score (nSPS) is 13.3. The summed E-state index contributed by atoms with van der Waals surface area (Å²) in [6.07, 6.45) is 1.58. The SMILES string of the molecule is CC(N)CCC(=O)NC(C)Cc1ccccc1F.Cl. The molecule has 0 heterocycles. The second-order valence-corrected chi connectivity index (χ2v) is 4.78. The zero-order valence-corrected chi connectivity index (χ0v) is 12.2. The molecule has 1 aromatic rings. The fourth-order valence-corrected chi connectivity index (χ4v) is 1.75. The number of carbonyl (C=O) groups is 1. The van der Waals surface area contributed by atoms with Crippen LogP contribution in [0.15, 0.2) is 24.3 Å². The summed E-state index contributed by atoms with van der Waals surface area (Å²) < 4.78 is 13.4. The summed E-state index contributed by atoms with van der Waals surface area (Å²) in [5, 5.41) is 2.85. The van der Waals surface area contributed by atoms with E-state index in [9.17, 15) is 9.18 Å². The van der Waals surface area contributed by atoms with Crippen molar-refractivity contribution in [2.75, 3.05) is 0 Å². The zero-order valence-electron chi connectivity index (χ0n) is 11.4. The fourth-order valence-electron chi connectivity index (χ4n) is 1.75. The Labute approximate surface area is 120 Å². The Hall–Kier alpha value is -1.13. The van der Waals surface area contributed by atoms with E-state index in [0.29, 0.717) is 24.8 Å². The smallest absolute Gasteiger partial charge is 0.220 e. The molecule has 19 heavy (non-hydrogen) atoms. The van der Waals surface area contributed by atoms with Gasteiger partial charge in [0.2, 0.25) is 5.91 Å². The summed E-state index contributed by atoms with van der Waals surface area (Å²) in [5.74, 6) is -0.259. The Morgan fingerprint density at radius 1 is 1.37 bits per heavy atom. The van der Waals surface area contributed by atoms with Crippen LogP contribution in [0.3, 0.4) is 0 Å². The van der Waals surface area contributed by atoms with Gasteiger partial charge in [0.1, 0.15) is 5.82 Å². The average Bonchev–Trinajstić information content (AvgIpc) is 2.29. The van der Waals surface area contributed by atoms with Gasteiger partial charge in [-0.15, -0.1) is 12.4 Å². The van der Waals surface area contributed by atoms with Gasteiger partial charge >= 0.3 is 0 Å². The molecule has 0 aliphatic rings. The highest BCUT2D eigenvalue weighted by Crippen LogP contribution is 2.09. The van der Waals surface area contributed by atoms with Crippen molar-refractivity contribution in [2.45, 2.75) is 45.2 Å². The van der Waals surface area contributed by atoms with Crippen LogP contribution in [0.4, 0.5) is 4.39 Å². The Kier molecular flexibility index (Phi) is 8.35. The monoisotopic (exact) mass is 288 g/mol. The fraction of sp³-hybridized carbons (Fsp3) is 0.500. The number of hydrogen-bond donors (Lipinski definition) is 2. The molecule has 5 heteroatoms. The van der Waals surface area contributed by atoms with Crippen LogP contribution >= 0.6 is 12.4 Å². The highest BCUT2D eigenvalue weighted by atomic mass is 35.5. The molecule has 0 saturated heterocycles. The van der Waals surface area contributed by atoms with Gasteiger partial charge in [-0.05, 0) is 38.3 Å². The molecule has 0 bridgehead atoms. The van der Waals surface area contributed by atoms with Crippen LogP contribution in [-0.4, -0.2) is 18.0 Å². The third-order valence-corrected chi connectivity index (χ3v) is 2.72. The summed E-state index contributed by atoms with van der Waals surface area (Å²) in [6.45, 7) is 3.74. The van der Waals surface area contributed by atoms with Crippen molar-refractivity contribution in [3.8, 4) is 0 Å². The number of benzene rings is 1. The molecule has 0 aliphatic heterocycles. The van der Waals surface area contributed by atoms with Crippen LogP contribution in [-0.2, 0) is 11.2 Å². The van der Waals surface area contributed by atoms with Crippen LogP contribution in [0.25, 0.3) is 0 Å². The molecule has 0 spiro atoms. The first-order valence-corrected chi connectivity index (χ1v) is 6.27. The summed E-state index contributed by atoms with van der Waals surface area (Å²) in [6, 6.07) is 6.56. The molecule has 1 amide bonds. The Morgan fingerprint density at radius 2 is 2.00 bits per heavy atom. The molecule has 3 nitrogen and oxygen atoms in total. The van der Waals surface area contributed by atoms with Gasteiger partial charge in [0.25, 0.3) is 0 Å². The van der Waals surface area contributed by atoms with Crippen LogP contribution in [0, 0.1) is 5.82 Å². The maximum atomic E-state index is 13.4. The summed E-state index contributed by atoms with van der Waals surface area (Å²) in [5.41, 5.74) is 6.21. The molecule has 0 radical (unpaired) electrons. The van der Waals surface area contributed by atoms with Gasteiger partial charge in [0.15, 0.2) is 0 Å². The van der Waals surface area contributed by atoms with E-state index in [-0.39, 0.29) is 36.2 Å². The minimum Gasteiger partial charge on any atom is -0.353 e. The molecule has 1 aromatic carbocycles. The number of amides is 1. The van der Waals surface area contributed by atoms with E-state index in [2.05, 4.69) is 5.32 Å². The van der Waals surface area contributed by atoms with Crippen LogP contribution in [0.5, 0.6) is 0 Å². The van der Waals surface area contributed by atoms with Gasteiger partial charge in [0.05, 0.1) is 0 Å². The lowest BCUT2D eigenvalue weighted by Crippen LogP contribution is -2.35. The maximum absolute atomic E-state index is 13.4. The Bertz CT molecular complexity index is 399. The molecular formula is C14H22ClFN2O. The van der Waals surface area contributed by atoms with Crippen LogP contribution in [0.1, 0.15) is 32.3 Å². The number of halogens is 2. The predicted molar refractivity (Wildman–Crippen MR) is 77.8 cm³/mol. The number of hydrogen-bond acceptors (Lipinski definition) is 2. The molecule has 1 rings (SSSR count). The number of carbonyl (C=O) groups excluding carboxylic acids is 1. The number of rotatable bonds is 6. The second kappa shape index (κ2) is 8.88. The van der Waals surface area contributed by atoms with E-state index in [4.69, 9.17) is 5.73 Å². The van der Waals surface area contributed by atoms with E-state index in [1.165, 1.54) is 6.07 Å². The lowest BCUT2D eigenvalue weighted by Gasteiger charge is -2.15. The Morgan fingerprint density at radius 3 is 2.58 bits per heavy atom. The van der Waals surface area contributed by atoms with Crippen LogP contribution in [0.2, 0.25) is 0 Å². The molecule has 3 N–H and O–H groups in total. The van der Waals surface area contributed by atoms with E-state index >= 15 is 0 Å². The summed E-state index contributed by atoms with van der Waals surface area (Å²) >= 11 is 0. The number of nitrogens with one attached hydrogen (secondary N) is 1. The third kappa shape index (κ3) is 7.13. The lowest BCUT2D eigenvalue weighted by molar-refractivity contribution is -0.121. The van der Waals surface area contributed by atoms with Gasteiger partial charge in [-0.25, -0.2) is 4.39 Å². The molecule has 108 valence electrons. The molecule has 2 unspecified atom stereocenters. The molecule has 0 aliphatic carbocycles. The first kappa shape index (κ1) is 17.9. The molecule has 0 saturated carbocycles. The van der Waals surface area contributed by atoms with Crippen molar-refractivity contribution in [1.29, 1.82) is 0 Å². The number of nitrogens with two attached hydrogens (primary N) is 1. The predicted octanol–water partition coefficient (Wildman–Crippen LogP) is 2.42. The standard InChI is InChI=1S/C14H21FN2O.ClH/c1-10(16)7-8-14(18)17-11(2)9-12-5-3-4-6-13(12)15;/h3-6,10-11H,7-9,16H2,1-2H3,(H,17,18);1H. The molecular weight excluding hydrogens is 267 g/mol. The van der Waals surface area contributed by atoms with Crippen molar-refractivity contribution >= 4 is 18.3 Å². The van der Waals surface area contributed by atoms with Crippen molar-refractivity contribution in [2.24, 2.45) is 5.73 Å². The minimum atomic E-state index is -0.228. The topological polar surface area (TPSA) is 55.1 Å². The minimum absolute atomic E-state index is 0. The summed E-state index contributed by atoms with van der Waals surface area (Å²) in [7, 11) is 0. The molecule has 0 fully saturated rings. The first-order valence-electron chi connectivity index (χ1n) is 6.27. The largest absolute Gasteiger partial charge is 0.353 e. The van der Waals surface area contributed by atoms with Gasteiger partial charge in [0, 0.05) is 18.5 Å². The lowest BCUT2D eigenvalue weighted by atomic mass is 10.1. The quantitative estimate of drug-likeness (QED) is 0.845. The zero-order chi connectivity index (χ0) is 13.5. The molecule has 0 aromatic heterocycles. The van der Waals surface area contributed by atoms with Gasteiger partial charge in [-0.1, -0.05) is 18.2 Å². The highest BCUT2D eigenvalue weighted by Gasteiger charge is 2.10. The third-order valence-electron chi connectivity index (χ3n) is 2.72. The van der Waals surface area contributed by atoms with E-state index in [1.54, 1.807) is 18.2 Å². The molecule has 2 atom stereocenters. The second-order valence-electron chi connectivity index (χ2n) is 4.78. The van der Waals surface area contributed by atoms with E-state index in [0.717, 1.165) is 0 Å². The average molecular weight is 289 g/mol. The maximum Gasteiger partial charge on any atom is 0.220 e. The van der Waals surface area contributed by atoms with Crippen molar-refractivity contribution in [3.63, 3.8) is 0 Å². The van der Waals surface area contributed by atoms with Crippen LogP contribution < -0.4 is 11.1 Å². The Balaban J connectivity index is 0.00000324. The van der Waals surface area contributed by atoms with Crippen molar-refractivity contribution in [1.82, 2.24) is 5.32 Å². The summed E-state index contributed by atoms with van der Waals surface area (Å²) in [4.78, 5) is 11.6. The first-order chi connectivity index (χ1) is 8.49.